The highest BCUT2D eigenvalue weighted by Gasteiger charge is 2.16. The van der Waals surface area contributed by atoms with Crippen LogP contribution in [0.4, 0.5) is 0 Å². The van der Waals surface area contributed by atoms with E-state index < -0.39 is 0 Å². The molecule has 1 aromatic carbocycles. The Labute approximate surface area is 112 Å². The van der Waals surface area contributed by atoms with Crippen LogP contribution >= 0.6 is 11.6 Å². The number of benzene rings is 1. The van der Waals surface area contributed by atoms with Gasteiger partial charge in [-0.05, 0) is 25.5 Å². The fourth-order valence-corrected chi connectivity index (χ4v) is 2.19. The van der Waals surface area contributed by atoms with E-state index >= 15 is 0 Å². The van der Waals surface area contributed by atoms with Gasteiger partial charge in [-0.2, -0.15) is 0 Å². The van der Waals surface area contributed by atoms with Gasteiger partial charge in [-0.1, -0.05) is 37.1 Å². The van der Waals surface area contributed by atoms with Gasteiger partial charge < -0.3 is 5.11 Å². The van der Waals surface area contributed by atoms with Crippen LogP contribution in [0.2, 0.25) is 5.02 Å². The van der Waals surface area contributed by atoms with E-state index in [4.69, 9.17) is 11.6 Å². The van der Waals surface area contributed by atoms with Crippen LogP contribution in [-0.4, -0.2) is 14.7 Å². The monoisotopic (exact) mass is 264 g/mol. The van der Waals surface area contributed by atoms with Gasteiger partial charge in [0.05, 0.1) is 16.4 Å². The summed E-state index contributed by atoms with van der Waals surface area (Å²) in [7, 11) is 0. The van der Waals surface area contributed by atoms with Crippen LogP contribution in [0.5, 0.6) is 5.88 Å². The first-order chi connectivity index (χ1) is 8.65. The molecular formula is C14H17ClN2O. The SMILES string of the molecule is CCCCc1nc(C)c(O)n1-c1ccccc1Cl. The van der Waals surface area contributed by atoms with Gasteiger partial charge in [0.25, 0.3) is 0 Å². The van der Waals surface area contributed by atoms with Gasteiger partial charge >= 0.3 is 0 Å². The van der Waals surface area contributed by atoms with Crippen molar-refractivity contribution in [2.24, 2.45) is 0 Å². The van der Waals surface area contributed by atoms with Gasteiger partial charge in [-0.15, -0.1) is 0 Å². The molecule has 0 fully saturated rings. The molecule has 0 saturated carbocycles. The zero-order chi connectivity index (χ0) is 13.1. The van der Waals surface area contributed by atoms with E-state index in [-0.39, 0.29) is 5.88 Å². The van der Waals surface area contributed by atoms with E-state index in [0.29, 0.717) is 10.7 Å². The van der Waals surface area contributed by atoms with Crippen molar-refractivity contribution in [1.29, 1.82) is 0 Å². The number of unbranched alkanes of at least 4 members (excludes halogenated alkanes) is 1. The second kappa shape index (κ2) is 5.44. The minimum Gasteiger partial charge on any atom is -0.493 e. The number of halogens is 1. The van der Waals surface area contributed by atoms with E-state index in [2.05, 4.69) is 11.9 Å². The molecule has 2 aromatic rings. The van der Waals surface area contributed by atoms with Gasteiger partial charge in [-0.3, -0.25) is 4.57 Å². The topological polar surface area (TPSA) is 38.1 Å². The largest absolute Gasteiger partial charge is 0.493 e. The van der Waals surface area contributed by atoms with Crippen molar-refractivity contribution in [2.45, 2.75) is 33.1 Å². The van der Waals surface area contributed by atoms with Crippen molar-refractivity contribution >= 4 is 11.6 Å². The first-order valence-electron chi connectivity index (χ1n) is 6.17. The van der Waals surface area contributed by atoms with Crippen LogP contribution < -0.4 is 0 Å². The van der Waals surface area contributed by atoms with E-state index in [0.717, 1.165) is 30.8 Å². The molecule has 4 heteroatoms. The van der Waals surface area contributed by atoms with Crippen LogP contribution in [0, 0.1) is 6.92 Å². The van der Waals surface area contributed by atoms with Crippen LogP contribution in [0.1, 0.15) is 31.3 Å². The van der Waals surface area contributed by atoms with E-state index in [9.17, 15) is 5.11 Å². The predicted molar refractivity (Wildman–Crippen MR) is 73.6 cm³/mol. The highest BCUT2D eigenvalue weighted by molar-refractivity contribution is 6.32. The number of aromatic hydroxyl groups is 1. The molecule has 2 rings (SSSR count). The summed E-state index contributed by atoms with van der Waals surface area (Å²) in [5.74, 6) is 1.04. The molecule has 96 valence electrons. The molecule has 1 heterocycles. The molecule has 0 atom stereocenters. The predicted octanol–water partition coefficient (Wildman–Crippen LogP) is 3.88. The Kier molecular flexibility index (Phi) is 3.92. The first-order valence-corrected chi connectivity index (χ1v) is 6.55. The molecule has 0 aliphatic carbocycles. The standard InChI is InChI=1S/C14H17ClN2O/c1-3-4-9-13-16-10(2)14(18)17(13)12-8-6-5-7-11(12)15/h5-8,18H,3-4,9H2,1-2H3. The number of imidazole rings is 1. The summed E-state index contributed by atoms with van der Waals surface area (Å²) in [6, 6.07) is 7.48. The second-order valence-electron chi connectivity index (χ2n) is 4.33. The molecule has 18 heavy (non-hydrogen) atoms. The van der Waals surface area contributed by atoms with E-state index in [1.165, 1.54) is 0 Å². The Hall–Kier alpha value is -1.48. The van der Waals surface area contributed by atoms with Gasteiger partial charge in [0.1, 0.15) is 5.82 Å². The Bertz CT molecular complexity index is 549. The molecule has 0 saturated heterocycles. The molecule has 0 radical (unpaired) electrons. The van der Waals surface area contributed by atoms with E-state index in [1.807, 2.05) is 24.3 Å². The first kappa shape index (κ1) is 13.0. The smallest absolute Gasteiger partial charge is 0.219 e. The summed E-state index contributed by atoms with van der Waals surface area (Å²) >= 11 is 6.19. The molecule has 0 bridgehead atoms. The summed E-state index contributed by atoms with van der Waals surface area (Å²) in [5.41, 5.74) is 1.42. The third-order valence-corrected chi connectivity index (χ3v) is 3.26. The quantitative estimate of drug-likeness (QED) is 0.910. The highest BCUT2D eigenvalue weighted by Crippen LogP contribution is 2.29. The van der Waals surface area contributed by atoms with Gasteiger partial charge in [-0.25, -0.2) is 4.98 Å². The average Bonchev–Trinajstić information content (AvgIpc) is 2.64. The molecular weight excluding hydrogens is 248 g/mol. The summed E-state index contributed by atoms with van der Waals surface area (Å²) < 4.78 is 1.74. The highest BCUT2D eigenvalue weighted by atomic mass is 35.5. The fourth-order valence-electron chi connectivity index (χ4n) is 1.97. The molecule has 1 aromatic heterocycles. The summed E-state index contributed by atoms with van der Waals surface area (Å²) in [6.45, 7) is 3.94. The van der Waals surface area contributed by atoms with Crippen LogP contribution in [0.25, 0.3) is 5.69 Å². The third-order valence-electron chi connectivity index (χ3n) is 2.94. The van der Waals surface area contributed by atoms with Crippen molar-refractivity contribution in [2.75, 3.05) is 0 Å². The molecule has 0 aliphatic heterocycles. The van der Waals surface area contributed by atoms with Gasteiger partial charge in [0, 0.05) is 6.42 Å². The minimum atomic E-state index is 0.175. The molecule has 0 aliphatic rings. The Morgan fingerprint density at radius 3 is 2.72 bits per heavy atom. The van der Waals surface area contributed by atoms with Crippen LogP contribution in [0.15, 0.2) is 24.3 Å². The average molecular weight is 265 g/mol. The Balaban J connectivity index is 2.52. The molecule has 3 nitrogen and oxygen atoms in total. The zero-order valence-corrected chi connectivity index (χ0v) is 11.4. The number of hydrogen-bond acceptors (Lipinski definition) is 2. The Morgan fingerprint density at radius 2 is 2.06 bits per heavy atom. The minimum absolute atomic E-state index is 0.175. The molecule has 0 amide bonds. The lowest BCUT2D eigenvalue weighted by atomic mass is 10.2. The normalized spacial score (nSPS) is 10.8. The number of aryl methyl sites for hydroxylation is 2. The number of aromatic nitrogens is 2. The zero-order valence-electron chi connectivity index (χ0n) is 10.7. The molecule has 1 N–H and O–H groups in total. The van der Waals surface area contributed by atoms with Crippen molar-refractivity contribution in [3.8, 4) is 11.6 Å². The van der Waals surface area contributed by atoms with Crippen molar-refractivity contribution < 1.29 is 5.11 Å². The maximum absolute atomic E-state index is 10.1. The lowest BCUT2D eigenvalue weighted by molar-refractivity contribution is 0.436. The van der Waals surface area contributed by atoms with Gasteiger partial charge in [0.15, 0.2) is 0 Å². The lowest BCUT2D eigenvalue weighted by Gasteiger charge is -2.10. The maximum atomic E-state index is 10.1. The summed E-state index contributed by atoms with van der Waals surface area (Å²) in [4.78, 5) is 4.42. The van der Waals surface area contributed by atoms with Crippen LogP contribution in [-0.2, 0) is 6.42 Å². The number of para-hydroxylation sites is 1. The Morgan fingerprint density at radius 1 is 1.33 bits per heavy atom. The molecule has 0 unspecified atom stereocenters. The number of hydrogen-bond donors (Lipinski definition) is 1. The van der Waals surface area contributed by atoms with Crippen molar-refractivity contribution in [3.05, 3.63) is 40.8 Å². The van der Waals surface area contributed by atoms with Gasteiger partial charge in [0.2, 0.25) is 5.88 Å². The lowest BCUT2D eigenvalue weighted by Crippen LogP contribution is -2.01. The number of rotatable bonds is 4. The fraction of sp³-hybridized carbons (Fsp3) is 0.357. The van der Waals surface area contributed by atoms with Crippen LogP contribution in [0.3, 0.4) is 0 Å². The molecule has 0 spiro atoms. The second-order valence-corrected chi connectivity index (χ2v) is 4.73. The maximum Gasteiger partial charge on any atom is 0.219 e. The van der Waals surface area contributed by atoms with Crippen molar-refractivity contribution in [1.82, 2.24) is 9.55 Å². The number of nitrogens with zero attached hydrogens (tertiary/aromatic N) is 2. The summed E-state index contributed by atoms with van der Waals surface area (Å²) in [6.07, 6.45) is 2.97. The van der Waals surface area contributed by atoms with E-state index in [1.54, 1.807) is 11.5 Å². The summed E-state index contributed by atoms with van der Waals surface area (Å²) in [5, 5.41) is 10.8. The third kappa shape index (κ3) is 2.36. The van der Waals surface area contributed by atoms with Crippen molar-refractivity contribution in [3.63, 3.8) is 0 Å².